The van der Waals surface area contributed by atoms with Crippen molar-refractivity contribution in [3.8, 4) is 0 Å². The van der Waals surface area contributed by atoms with Crippen molar-refractivity contribution in [2.75, 3.05) is 25.6 Å². The van der Waals surface area contributed by atoms with Gasteiger partial charge in [-0.05, 0) is 31.4 Å². The minimum Gasteiger partial charge on any atom is -0.383 e. The number of rotatable bonds is 8. The standard InChI is InChI=1S/C16H27N3O2/c1-6-13-8-12(9-15(18-13)17-7-2)16(20)19-14(10-21-5)11(3)4/h8-9,11,14H,6-7,10H2,1-5H3,(H,17,18)(H,19,20). The van der Waals surface area contributed by atoms with E-state index in [9.17, 15) is 4.79 Å². The highest BCUT2D eigenvalue weighted by molar-refractivity contribution is 5.95. The summed E-state index contributed by atoms with van der Waals surface area (Å²) in [6, 6.07) is 3.64. The van der Waals surface area contributed by atoms with Crippen molar-refractivity contribution in [3.05, 3.63) is 23.4 Å². The number of nitrogens with one attached hydrogen (secondary N) is 2. The minimum absolute atomic E-state index is 0.00308. The number of hydrogen-bond acceptors (Lipinski definition) is 4. The number of pyridine rings is 1. The van der Waals surface area contributed by atoms with Crippen LogP contribution in [-0.4, -0.2) is 37.2 Å². The topological polar surface area (TPSA) is 63.2 Å². The highest BCUT2D eigenvalue weighted by Gasteiger charge is 2.18. The van der Waals surface area contributed by atoms with E-state index in [1.54, 1.807) is 13.2 Å². The molecule has 0 fully saturated rings. The Hall–Kier alpha value is -1.62. The summed E-state index contributed by atoms with van der Waals surface area (Å²) in [6.07, 6.45) is 0.797. The second kappa shape index (κ2) is 8.62. The zero-order valence-electron chi connectivity index (χ0n) is 13.7. The van der Waals surface area contributed by atoms with Gasteiger partial charge < -0.3 is 15.4 Å². The molecule has 1 heterocycles. The number of carbonyl (C=O) groups excluding carboxylic acids is 1. The number of nitrogens with zero attached hydrogens (tertiary/aromatic N) is 1. The Morgan fingerprint density at radius 3 is 2.57 bits per heavy atom. The summed E-state index contributed by atoms with van der Waals surface area (Å²) >= 11 is 0. The molecule has 0 spiro atoms. The lowest BCUT2D eigenvalue weighted by Crippen LogP contribution is -2.41. The monoisotopic (exact) mass is 293 g/mol. The van der Waals surface area contributed by atoms with Crippen LogP contribution in [0.4, 0.5) is 5.82 Å². The largest absolute Gasteiger partial charge is 0.383 e. The third-order valence-electron chi connectivity index (χ3n) is 3.33. The number of amides is 1. The SMILES string of the molecule is CCNc1cc(C(=O)NC(COC)C(C)C)cc(CC)n1. The van der Waals surface area contributed by atoms with Crippen LogP contribution in [-0.2, 0) is 11.2 Å². The average Bonchev–Trinajstić information content (AvgIpc) is 2.46. The van der Waals surface area contributed by atoms with E-state index in [0.717, 1.165) is 24.5 Å². The zero-order chi connectivity index (χ0) is 15.8. The van der Waals surface area contributed by atoms with Crippen LogP contribution in [0.5, 0.6) is 0 Å². The van der Waals surface area contributed by atoms with Gasteiger partial charge in [0.25, 0.3) is 5.91 Å². The number of aromatic nitrogens is 1. The van der Waals surface area contributed by atoms with Gasteiger partial charge >= 0.3 is 0 Å². The first kappa shape index (κ1) is 17.4. The summed E-state index contributed by atoms with van der Waals surface area (Å²) < 4.78 is 5.17. The molecule has 0 saturated heterocycles. The van der Waals surface area contributed by atoms with Crippen LogP contribution in [0.15, 0.2) is 12.1 Å². The summed E-state index contributed by atoms with van der Waals surface area (Å²) in [5.41, 5.74) is 1.55. The predicted octanol–water partition coefficient (Wildman–Crippen LogP) is 2.48. The second-order valence-corrected chi connectivity index (χ2v) is 5.40. The Balaban J connectivity index is 2.92. The fourth-order valence-corrected chi connectivity index (χ4v) is 2.00. The molecule has 0 aliphatic heterocycles. The van der Waals surface area contributed by atoms with E-state index in [1.807, 2.05) is 19.9 Å². The van der Waals surface area contributed by atoms with E-state index in [1.165, 1.54) is 0 Å². The predicted molar refractivity (Wildman–Crippen MR) is 85.7 cm³/mol. The van der Waals surface area contributed by atoms with Crippen LogP contribution >= 0.6 is 0 Å². The summed E-state index contributed by atoms with van der Waals surface area (Å²) in [6.45, 7) is 9.46. The number of aryl methyl sites for hydroxylation is 1. The minimum atomic E-state index is -0.0815. The van der Waals surface area contributed by atoms with Crippen LogP contribution in [0.1, 0.15) is 43.7 Å². The summed E-state index contributed by atoms with van der Waals surface area (Å²) in [5, 5.41) is 6.20. The molecule has 1 aromatic heterocycles. The van der Waals surface area contributed by atoms with Crippen molar-refractivity contribution in [2.24, 2.45) is 5.92 Å². The average molecular weight is 293 g/mol. The first-order chi connectivity index (χ1) is 10.0. The molecule has 0 bridgehead atoms. The second-order valence-electron chi connectivity index (χ2n) is 5.40. The molecule has 21 heavy (non-hydrogen) atoms. The lowest BCUT2D eigenvalue weighted by molar-refractivity contribution is 0.0866. The smallest absolute Gasteiger partial charge is 0.251 e. The lowest BCUT2D eigenvalue weighted by atomic mass is 10.0. The van der Waals surface area contributed by atoms with Gasteiger partial charge in [0, 0.05) is 24.9 Å². The Labute approximate surface area is 127 Å². The first-order valence-electron chi connectivity index (χ1n) is 7.56. The molecule has 1 unspecified atom stereocenters. The van der Waals surface area contributed by atoms with Crippen molar-refractivity contribution in [1.29, 1.82) is 0 Å². The van der Waals surface area contributed by atoms with Crippen LogP contribution in [0.2, 0.25) is 0 Å². The molecule has 5 heteroatoms. The molecule has 2 N–H and O–H groups in total. The van der Waals surface area contributed by atoms with Gasteiger partial charge in [0.2, 0.25) is 0 Å². The number of hydrogen-bond donors (Lipinski definition) is 2. The van der Waals surface area contributed by atoms with Crippen molar-refractivity contribution < 1.29 is 9.53 Å². The highest BCUT2D eigenvalue weighted by Crippen LogP contribution is 2.12. The van der Waals surface area contributed by atoms with Crippen molar-refractivity contribution in [1.82, 2.24) is 10.3 Å². The van der Waals surface area contributed by atoms with Gasteiger partial charge in [0.1, 0.15) is 5.82 Å². The van der Waals surface area contributed by atoms with E-state index in [-0.39, 0.29) is 11.9 Å². The van der Waals surface area contributed by atoms with Gasteiger partial charge in [-0.15, -0.1) is 0 Å². The van der Waals surface area contributed by atoms with Gasteiger partial charge in [0.05, 0.1) is 12.6 Å². The van der Waals surface area contributed by atoms with E-state index in [0.29, 0.717) is 18.1 Å². The van der Waals surface area contributed by atoms with E-state index >= 15 is 0 Å². The maximum Gasteiger partial charge on any atom is 0.251 e. The van der Waals surface area contributed by atoms with Gasteiger partial charge in [-0.2, -0.15) is 0 Å². The molecule has 1 atom stereocenters. The van der Waals surface area contributed by atoms with Gasteiger partial charge in [-0.1, -0.05) is 20.8 Å². The van der Waals surface area contributed by atoms with Crippen LogP contribution in [0, 0.1) is 5.92 Å². The molecular formula is C16H27N3O2. The number of carbonyl (C=O) groups is 1. The normalized spacial score (nSPS) is 12.3. The molecule has 1 aromatic rings. The number of anilines is 1. The maximum absolute atomic E-state index is 12.4. The zero-order valence-corrected chi connectivity index (χ0v) is 13.7. The van der Waals surface area contributed by atoms with E-state index < -0.39 is 0 Å². The fraction of sp³-hybridized carbons (Fsp3) is 0.625. The van der Waals surface area contributed by atoms with Gasteiger partial charge in [-0.3, -0.25) is 4.79 Å². The van der Waals surface area contributed by atoms with Crippen molar-refractivity contribution >= 4 is 11.7 Å². The molecule has 0 aliphatic rings. The maximum atomic E-state index is 12.4. The van der Waals surface area contributed by atoms with E-state index in [2.05, 4.69) is 29.5 Å². The Morgan fingerprint density at radius 2 is 2.05 bits per heavy atom. The molecule has 1 amide bonds. The van der Waals surface area contributed by atoms with Crippen molar-refractivity contribution in [2.45, 2.75) is 40.2 Å². The molecule has 0 aromatic carbocycles. The third-order valence-corrected chi connectivity index (χ3v) is 3.33. The van der Waals surface area contributed by atoms with Crippen LogP contribution in [0.3, 0.4) is 0 Å². The number of methoxy groups -OCH3 is 1. The molecule has 0 radical (unpaired) electrons. The summed E-state index contributed by atoms with van der Waals surface area (Å²) in [4.78, 5) is 16.9. The summed E-state index contributed by atoms with van der Waals surface area (Å²) in [5.74, 6) is 0.978. The Morgan fingerprint density at radius 1 is 1.33 bits per heavy atom. The molecule has 1 rings (SSSR count). The van der Waals surface area contributed by atoms with Crippen LogP contribution < -0.4 is 10.6 Å². The van der Waals surface area contributed by atoms with Crippen LogP contribution in [0.25, 0.3) is 0 Å². The first-order valence-corrected chi connectivity index (χ1v) is 7.56. The van der Waals surface area contributed by atoms with Gasteiger partial charge in [-0.25, -0.2) is 4.98 Å². The Bertz CT molecular complexity index is 461. The fourth-order valence-electron chi connectivity index (χ4n) is 2.00. The van der Waals surface area contributed by atoms with Gasteiger partial charge in [0.15, 0.2) is 0 Å². The lowest BCUT2D eigenvalue weighted by Gasteiger charge is -2.21. The molecule has 0 saturated carbocycles. The highest BCUT2D eigenvalue weighted by atomic mass is 16.5. The molecule has 0 aliphatic carbocycles. The molecular weight excluding hydrogens is 266 g/mol. The summed E-state index contributed by atoms with van der Waals surface area (Å²) in [7, 11) is 1.65. The molecule has 118 valence electrons. The van der Waals surface area contributed by atoms with Crippen molar-refractivity contribution in [3.63, 3.8) is 0 Å². The number of ether oxygens (including phenoxy) is 1. The Kier molecular flexibility index (Phi) is 7.15. The third kappa shape index (κ3) is 5.34. The quantitative estimate of drug-likeness (QED) is 0.773. The molecule has 5 nitrogen and oxygen atoms in total. The van der Waals surface area contributed by atoms with E-state index in [4.69, 9.17) is 4.74 Å².